The molecular weight excluding hydrogens is 328 g/mol. The molecule has 3 aromatic rings. The van der Waals surface area contributed by atoms with Crippen LogP contribution in [0.15, 0.2) is 71.7 Å². The van der Waals surface area contributed by atoms with Crippen LogP contribution in [0, 0.1) is 0 Å². The molecule has 0 bridgehead atoms. The monoisotopic (exact) mass is 348 g/mol. The van der Waals surface area contributed by atoms with Gasteiger partial charge in [-0.05, 0) is 12.0 Å². The summed E-state index contributed by atoms with van der Waals surface area (Å²) in [4.78, 5) is 28.7. The lowest BCUT2D eigenvalue weighted by molar-refractivity contribution is -0.115. The molecule has 3 rings (SSSR count). The van der Waals surface area contributed by atoms with Crippen LogP contribution in [0.4, 0.5) is 5.69 Å². The largest absolute Gasteiger partial charge is 0.379 e. The van der Waals surface area contributed by atoms with E-state index >= 15 is 0 Å². The molecule has 2 aromatic carbocycles. The Hall–Kier alpha value is -3.41. The quantitative estimate of drug-likeness (QED) is 0.718. The van der Waals surface area contributed by atoms with Gasteiger partial charge in [0, 0.05) is 19.0 Å². The van der Waals surface area contributed by atoms with Crippen LogP contribution in [-0.2, 0) is 11.2 Å². The molecule has 6 nitrogen and oxygen atoms in total. The van der Waals surface area contributed by atoms with Gasteiger partial charge in [0.25, 0.3) is 5.56 Å². The van der Waals surface area contributed by atoms with Crippen LogP contribution in [-0.4, -0.2) is 22.1 Å². The predicted octanol–water partition coefficient (Wildman–Crippen LogP) is 2.65. The van der Waals surface area contributed by atoms with Gasteiger partial charge in [0.05, 0.1) is 6.20 Å². The minimum absolute atomic E-state index is 0.340. The normalized spacial score (nSPS) is 10.3. The molecular formula is C20H20N4O2. The number of nitrogens with one attached hydrogen (secondary N) is 2. The summed E-state index contributed by atoms with van der Waals surface area (Å²) < 4.78 is 1.18. The fraction of sp³-hybridized carbons (Fsp3) is 0.150. The van der Waals surface area contributed by atoms with Crippen LogP contribution >= 0.6 is 0 Å². The van der Waals surface area contributed by atoms with Gasteiger partial charge >= 0.3 is 0 Å². The highest BCUT2D eigenvalue weighted by Crippen LogP contribution is 2.15. The van der Waals surface area contributed by atoms with E-state index in [1.165, 1.54) is 23.4 Å². The fourth-order valence-electron chi connectivity index (χ4n) is 2.61. The molecule has 6 heteroatoms. The third-order valence-electron chi connectivity index (χ3n) is 3.83. The van der Waals surface area contributed by atoms with E-state index in [1.807, 2.05) is 60.7 Å². The van der Waals surface area contributed by atoms with E-state index in [0.29, 0.717) is 18.1 Å². The van der Waals surface area contributed by atoms with E-state index in [-0.39, 0.29) is 11.5 Å². The van der Waals surface area contributed by atoms with Crippen molar-refractivity contribution in [1.82, 2.24) is 9.66 Å². The second-order valence-corrected chi connectivity index (χ2v) is 5.83. The molecule has 0 spiro atoms. The summed E-state index contributed by atoms with van der Waals surface area (Å²) in [6.07, 6.45) is 2.29. The van der Waals surface area contributed by atoms with Crippen molar-refractivity contribution in [3.8, 4) is 11.4 Å². The van der Waals surface area contributed by atoms with Gasteiger partial charge in [0.15, 0.2) is 5.82 Å². The maximum Gasteiger partial charge on any atom is 0.296 e. The summed E-state index contributed by atoms with van der Waals surface area (Å²) in [6, 6.07) is 19.3. The van der Waals surface area contributed by atoms with E-state index in [4.69, 9.17) is 0 Å². The number of anilines is 1. The Balaban J connectivity index is 1.85. The van der Waals surface area contributed by atoms with E-state index in [0.717, 1.165) is 12.0 Å². The third-order valence-corrected chi connectivity index (χ3v) is 3.83. The molecule has 1 amide bonds. The topological polar surface area (TPSA) is 76.0 Å². The maximum atomic E-state index is 12.8. The Kier molecular flexibility index (Phi) is 5.43. The zero-order chi connectivity index (χ0) is 18.4. The number of amides is 1. The number of carbonyl (C=O) groups excluding carboxylic acids is 1. The Morgan fingerprint density at radius 1 is 1.04 bits per heavy atom. The first-order valence-corrected chi connectivity index (χ1v) is 8.38. The Labute approximate surface area is 151 Å². The average Bonchev–Trinajstić information content (AvgIpc) is 2.66. The highest BCUT2D eigenvalue weighted by atomic mass is 16.2. The van der Waals surface area contributed by atoms with Gasteiger partial charge in [-0.15, -0.1) is 0 Å². The molecule has 0 unspecified atom stereocenters. The molecule has 0 saturated carbocycles. The molecule has 0 atom stereocenters. The number of hydrogen-bond donors (Lipinski definition) is 2. The molecule has 132 valence electrons. The van der Waals surface area contributed by atoms with Crippen LogP contribution in [0.3, 0.4) is 0 Å². The molecule has 0 saturated heterocycles. The summed E-state index contributed by atoms with van der Waals surface area (Å²) in [6.45, 7) is 1.95. The number of rotatable bonds is 6. The Morgan fingerprint density at radius 2 is 1.69 bits per heavy atom. The van der Waals surface area contributed by atoms with Crippen molar-refractivity contribution in [3.63, 3.8) is 0 Å². The molecule has 0 aliphatic rings. The number of benzene rings is 2. The number of hydrogen-bond acceptors (Lipinski definition) is 4. The van der Waals surface area contributed by atoms with Gasteiger partial charge in [-0.3, -0.25) is 15.0 Å². The van der Waals surface area contributed by atoms with E-state index in [2.05, 4.69) is 15.7 Å². The van der Waals surface area contributed by atoms with Crippen molar-refractivity contribution in [3.05, 3.63) is 82.8 Å². The average molecular weight is 348 g/mol. The first kappa shape index (κ1) is 17.4. The first-order chi connectivity index (χ1) is 12.6. The van der Waals surface area contributed by atoms with Crippen LogP contribution in [0.5, 0.6) is 0 Å². The molecule has 2 N–H and O–H groups in total. The highest BCUT2D eigenvalue weighted by Gasteiger charge is 2.13. The van der Waals surface area contributed by atoms with E-state index < -0.39 is 0 Å². The van der Waals surface area contributed by atoms with Crippen LogP contribution < -0.4 is 16.3 Å². The Bertz CT molecular complexity index is 937. The fourth-order valence-corrected chi connectivity index (χ4v) is 2.61. The van der Waals surface area contributed by atoms with Gasteiger partial charge in [0.2, 0.25) is 5.91 Å². The standard InChI is InChI=1S/C20H20N4O2/c1-15(25)23-24-19(17-10-6-3-7-11-17)22-14-18(20(24)26)21-13-12-16-8-4-2-5-9-16/h2-11,14,21H,12-13H2,1H3,(H,23,25). The second kappa shape index (κ2) is 8.11. The number of aromatic nitrogens is 2. The lowest BCUT2D eigenvalue weighted by atomic mass is 10.1. The smallest absolute Gasteiger partial charge is 0.296 e. The van der Waals surface area contributed by atoms with Crippen LogP contribution in [0.2, 0.25) is 0 Å². The van der Waals surface area contributed by atoms with Crippen LogP contribution in [0.1, 0.15) is 12.5 Å². The van der Waals surface area contributed by atoms with Crippen molar-refractivity contribution in [1.29, 1.82) is 0 Å². The van der Waals surface area contributed by atoms with Crippen molar-refractivity contribution in [2.24, 2.45) is 0 Å². The predicted molar refractivity (Wildman–Crippen MR) is 103 cm³/mol. The second-order valence-electron chi connectivity index (χ2n) is 5.83. The van der Waals surface area contributed by atoms with Crippen molar-refractivity contribution in [2.75, 3.05) is 17.3 Å². The molecule has 26 heavy (non-hydrogen) atoms. The minimum Gasteiger partial charge on any atom is -0.379 e. The van der Waals surface area contributed by atoms with Crippen molar-refractivity contribution in [2.45, 2.75) is 13.3 Å². The van der Waals surface area contributed by atoms with Gasteiger partial charge in [0.1, 0.15) is 5.69 Å². The van der Waals surface area contributed by atoms with Gasteiger partial charge < -0.3 is 5.32 Å². The van der Waals surface area contributed by atoms with Gasteiger partial charge in [-0.25, -0.2) is 4.98 Å². The van der Waals surface area contributed by atoms with Gasteiger partial charge in [-0.2, -0.15) is 4.68 Å². The lowest BCUT2D eigenvalue weighted by Crippen LogP contribution is -2.35. The summed E-state index contributed by atoms with van der Waals surface area (Å²) in [7, 11) is 0. The van der Waals surface area contributed by atoms with E-state index in [1.54, 1.807) is 0 Å². The SMILES string of the molecule is CC(=O)Nn1c(-c2ccccc2)ncc(NCCc2ccccc2)c1=O. The molecule has 0 aliphatic carbocycles. The minimum atomic E-state index is -0.345. The Morgan fingerprint density at radius 3 is 2.35 bits per heavy atom. The van der Waals surface area contributed by atoms with Crippen LogP contribution in [0.25, 0.3) is 11.4 Å². The molecule has 1 aromatic heterocycles. The first-order valence-electron chi connectivity index (χ1n) is 8.38. The number of nitrogens with zero attached hydrogens (tertiary/aromatic N) is 2. The zero-order valence-electron chi connectivity index (χ0n) is 14.5. The third kappa shape index (κ3) is 4.16. The van der Waals surface area contributed by atoms with Crippen molar-refractivity contribution >= 4 is 11.6 Å². The zero-order valence-corrected chi connectivity index (χ0v) is 14.5. The summed E-state index contributed by atoms with van der Waals surface area (Å²) in [5, 5.41) is 3.11. The molecule has 0 fully saturated rings. The maximum absolute atomic E-state index is 12.8. The van der Waals surface area contributed by atoms with Crippen molar-refractivity contribution < 1.29 is 4.79 Å². The van der Waals surface area contributed by atoms with Gasteiger partial charge in [-0.1, -0.05) is 60.7 Å². The molecule has 1 heterocycles. The summed E-state index contributed by atoms with van der Waals surface area (Å²) in [5.41, 5.74) is 4.47. The molecule has 0 radical (unpaired) electrons. The summed E-state index contributed by atoms with van der Waals surface area (Å²) >= 11 is 0. The summed E-state index contributed by atoms with van der Waals surface area (Å²) in [5.74, 6) is 0.0481. The number of carbonyl (C=O) groups is 1. The van der Waals surface area contributed by atoms with E-state index in [9.17, 15) is 9.59 Å². The lowest BCUT2D eigenvalue weighted by Gasteiger charge is -2.14. The highest BCUT2D eigenvalue weighted by molar-refractivity contribution is 5.81. The molecule has 0 aliphatic heterocycles.